The molecule has 0 bridgehead atoms. The van der Waals surface area contributed by atoms with Crippen molar-refractivity contribution in [1.82, 2.24) is 9.78 Å². The molecular formula is C13H16BrN3O. The lowest BCUT2D eigenvalue weighted by Crippen LogP contribution is -2.03. The number of anilines is 1. The van der Waals surface area contributed by atoms with Gasteiger partial charge < -0.3 is 10.5 Å². The summed E-state index contributed by atoms with van der Waals surface area (Å²) in [6.45, 7) is 2.49. The molecule has 1 aromatic carbocycles. The van der Waals surface area contributed by atoms with Gasteiger partial charge in [0.05, 0.1) is 5.69 Å². The molecule has 1 heterocycles. The monoisotopic (exact) mass is 309 g/mol. The summed E-state index contributed by atoms with van der Waals surface area (Å²) < 4.78 is 8.48. The molecule has 2 aromatic rings. The smallest absolute Gasteiger partial charge is 0.236 e. The van der Waals surface area contributed by atoms with Crippen LogP contribution in [0.5, 0.6) is 5.88 Å². The van der Waals surface area contributed by atoms with E-state index in [9.17, 15) is 0 Å². The molecule has 5 heteroatoms. The molecule has 96 valence electrons. The largest absolute Gasteiger partial charge is 0.471 e. The Morgan fingerprint density at radius 1 is 1.39 bits per heavy atom. The van der Waals surface area contributed by atoms with Crippen molar-refractivity contribution < 1.29 is 4.74 Å². The lowest BCUT2D eigenvalue weighted by Gasteiger charge is -2.08. The highest BCUT2D eigenvalue weighted by Crippen LogP contribution is 2.26. The zero-order chi connectivity index (χ0) is 13.1. The van der Waals surface area contributed by atoms with E-state index in [4.69, 9.17) is 10.5 Å². The maximum Gasteiger partial charge on any atom is 0.236 e. The summed E-state index contributed by atoms with van der Waals surface area (Å²) in [5.74, 6) is 0.627. The Hall–Kier alpha value is -1.49. The van der Waals surface area contributed by atoms with E-state index in [1.54, 1.807) is 4.68 Å². The molecule has 0 atom stereocenters. The average molecular weight is 310 g/mol. The van der Waals surface area contributed by atoms with Crippen molar-refractivity contribution in [3.63, 3.8) is 0 Å². The van der Waals surface area contributed by atoms with E-state index in [2.05, 4.69) is 21.0 Å². The predicted octanol–water partition coefficient (Wildman–Crippen LogP) is 2.91. The highest BCUT2D eigenvalue weighted by Gasteiger charge is 2.13. The molecule has 0 aliphatic carbocycles. The number of hydrogen-bond acceptors (Lipinski definition) is 3. The van der Waals surface area contributed by atoms with Crippen LogP contribution >= 0.6 is 15.9 Å². The Morgan fingerprint density at radius 2 is 2.11 bits per heavy atom. The van der Waals surface area contributed by atoms with E-state index in [-0.39, 0.29) is 0 Å². The van der Waals surface area contributed by atoms with Gasteiger partial charge >= 0.3 is 0 Å². The van der Waals surface area contributed by atoms with Gasteiger partial charge in [0.25, 0.3) is 0 Å². The molecule has 0 radical (unpaired) electrons. The molecule has 1 aromatic heterocycles. The van der Waals surface area contributed by atoms with E-state index >= 15 is 0 Å². The highest BCUT2D eigenvalue weighted by molar-refractivity contribution is 9.10. The summed E-state index contributed by atoms with van der Waals surface area (Å²) in [7, 11) is 1.84. The fourth-order valence-corrected chi connectivity index (χ4v) is 2.17. The zero-order valence-electron chi connectivity index (χ0n) is 10.5. The van der Waals surface area contributed by atoms with E-state index < -0.39 is 0 Å². The summed E-state index contributed by atoms with van der Waals surface area (Å²) in [4.78, 5) is 0. The predicted molar refractivity (Wildman–Crippen MR) is 75.5 cm³/mol. The number of nitrogens with zero attached hydrogens (tertiary/aromatic N) is 2. The Balaban J connectivity index is 2.16. The van der Waals surface area contributed by atoms with Gasteiger partial charge in [-0.3, -0.25) is 0 Å². The van der Waals surface area contributed by atoms with Crippen LogP contribution in [0, 0.1) is 0 Å². The standard InChI is InChI=1S/C13H16BrN3O/c1-3-11-12(15)13(17(2)16-11)18-8-9-6-4-5-7-10(9)14/h4-7H,3,8,15H2,1-2H3. The van der Waals surface area contributed by atoms with E-state index in [0.29, 0.717) is 18.2 Å². The molecule has 0 aliphatic rings. The van der Waals surface area contributed by atoms with Crippen LogP contribution in [0.4, 0.5) is 5.69 Å². The Morgan fingerprint density at radius 3 is 2.72 bits per heavy atom. The summed E-state index contributed by atoms with van der Waals surface area (Å²) >= 11 is 3.49. The number of aryl methyl sites for hydroxylation is 2. The van der Waals surface area contributed by atoms with Crippen molar-refractivity contribution in [2.75, 3.05) is 5.73 Å². The molecular weight excluding hydrogens is 294 g/mol. The van der Waals surface area contributed by atoms with Crippen LogP contribution in [0.15, 0.2) is 28.7 Å². The first kappa shape index (κ1) is 13.0. The van der Waals surface area contributed by atoms with Crippen LogP contribution in [0.1, 0.15) is 18.2 Å². The number of hydrogen-bond donors (Lipinski definition) is 1. The second-order valence-electron chi connectivity index (χ2n) is 4.02. The van der Waals surface area contributed by atoms with Gasteiger partial charge in [0.15, 0.2) is 0 Å². The third-order valence-electron chi connectivity index (χ3n) is 2.76. The summed E-state index contributed by atoms with van der Waals surface area (Å²) in [5.41, 5.74) is 8.58. The molecule has 2 rings (SSSR count). The van der Waals surface area contributed by atoms with Gasteiger partial charge in [-0.1, -0.05) is 41.1 Å². The van der Waals surface area contributed by atoms with Crippen molar-refractivity contribution in [3.05, 3.63) is 40.0 Å². The quantitative estimate of drug-likeness (QED) is 0.944. The number of nitrogens with two attached hydrogens (primary N) is 1. The molecule has 2 N–H and O–H groups in total. The van der Waals surface area contributed by atoms with E-state index in [1.165, 1.54) is 0 Å². The number of rotatable bonds is 4. The Kier molecular flexibility index (Phi) is 3.91. The lowest BCUT2D eigenvalue weighted by atomic mass is 10.2. The normalized spacial score (nSPS) is 10.6. The van der Waals surface area contributed by atoms with Gasteiger partial charge in [0.2, 0.25) is 5.88 Å². The van der Waals surface area contributed by atoms with E-state index in [1.807, 2.05) is 38.2 Å². The number of ether oxygens (including phenoxy) is 1. The SMILES string of the molecule is CCc1nn(C)c(OCc2ccccc2Br)c1N. The minimum Gasteiger partial charge on any atom is -0.471 e. The number of halogens is 1. The molecule has 0 saturated heterocycles. The van der Waals surface area contributed by atoms with Crippen LogP contribution in [0.3, 0.4) is 0 Å². The zero-order valence-corrected chi connectivity index (χ0v) is 12.1. The second-order valence-corrected chi connectivity index (χ2v) is 4.88. The third-order valence-corrected chi connectivity index (χ3v) is 3.54. The van der Waals surface area contributed by atoms with Crippen molar-refractivity contribution in [2.24, 2.45) is 7.05 Å². The van der Waals surface area contributed by atoms with Crippen LogP contribution < -0.4 is 10.5 Å². The van der Waals surface area contributed by atoms with E-state index in [0.717, 1.165) is 22.2 Å². The molecule has 0 unspecified atom stereocenters. The first-order valence-electron chi connectivity index (χ1n) is 5.81. The van der Waals surface area contributed by atoms with Gasteiger partial charge in [0, 0.05) is 17.1 Å². The van der Waals surface area contributed by atoms with Gasteiger partial charge in [-0.15, -0.1) is 0 Å². The number of benzene rings is 1. The van der Waals surface area contributed by atoms with Gasteiger partial charge in [-0.2, -0.15) is 5.10 Å². The fraction of sp³-hybridized carbons (Fsp3) is 0.308. The Bertz CT molecular complexity index is 551. The first-order chi connectivity index (χ1) is 8.63. The van der Waals surface area contributed by atoms with Gasteiger partial charge in [-0.25, -0.2) is 4.68 Å². The minimum absolute atomic E-state index is 0.467. The van der Waals surface area contributed by atoms with Crippen LogP contribution in [0.2, 0.25) is 0 Å². The number of nitrogen functional groups attached to an aromatic ring is 1. The average Bonchev–Trinajstić information content (AvgIpc) is 2.64. The fourth-order valence-electron chi connectivity index (χ4n) is 1.77. The van der Waals surface area contributed by atoms with Crippen LogP contribution in [0.25, 0.3) is 0 Å². The minimum atomic E-state index is 0.467. The molecule has 0 fully saturated rings. The van der Waals surface area contributed by atoms with Gasteiger partial charge in [-0.05, 0) is 12.5 Å². The van der Waals surface area contributed by atoms with Crippen LogP contribution in [-0.4, -0.2) is 9.78 Å². The molecule has 0 spiro atoms. The van der Waals surface area contributed by atoms with Crippen molar-refractivity contribution in [2.45, 2.75) is 20.0 Å². The Labute approximate surface area is 115 Å². The number of aromatic nitrogens is 2. The lowest BCUT2D eigenvalue weighted by molar-refractivity contribution is 0.280. The first-order valence-corrected chi connectivity index (χ1v) is 6.60. The molecule has 0 amide bonds. The maximum atomic E-state index is 6.00. The summed E-state index contributed by atoms with van der Waals surface area (Å²) in [5, 5.41) is 4.32. The maximum absolute atomic E-state index is 6.00. The van der Waals surface area contributed by atoms with Crippen molar-refractivity contribution in [3.8, 4) is 5.88 Å². The van der Waals surface area contributed by atoms with Gasteiger partial charge in [0.1, 0.15) is 12.3 Å². The molecule has 4 nitrogen and oxygen atoms in total. The highest BCUT2D eigenvalue weighted by atomic mass is 79.9. The van der Waals surface area contributed by atoms with Crippen molar-refractivity contribution >= 4 is 21.6 Å². The summed E-state index contributed by atoms with van der Waals surface area (Å²) in [6, 6.07) is 7.95. The third kappa shape index (κ3) is 2.51. The molecule has 0 aliphatic heterocycles. The summed E-state index contributed by atoms with van der Waals surface area (Å²) in [6.07, 6.45) is 0.804. The molecule has 0 saturated carbocycles. The van der Waals surface area contributed by atoms with Crippen LogP contribution in [-0.2, 0) is 20.1 Å². The van der Waals surface area contributed by atoms with Crippen molar-refractivity contribution in [1.29, 1.82) is 0 Å². The topological polar surface area (TPSA) is 53.1 Å². The molecule has 18 heavy (non-hydrogen) atoms. The second kappa shape index (κ2) is 5.44.